The Kier molecular flexibility index (Phi) is 7.56. The number of amides is 2. The van der Waals surface area contributed by atoms with Gasteiger partial charge in [0.2, 0.25) is 11.8 Å². The molecule has 1 unspecified atom stereocenters. The van der Waals surface area contributed by atoms with Crippen LogP contribution in [0.4, 0.5) is 10.1 Å². The third-order valence-corrected chi connectivity index (χ3v) is 5.39. The molecule has 0 heterocycles. The molecule has 2 N–H and O–H groups in total. The molecule has 1 fully saturated rings. The fraction of sp³-hybridized carbons (Fsp3) is 0.556. The quantitative estimate of drug-likeness (QED) is 0.788. The Labute approximate surface area is 147 Å². The van der Waals surface area contributed by atoms with Crippen molar-refractivity contribution >= 4 is 29.3 Å². The third-order valence-electron chi connectivity index (χ3n) is 4.25. The van der Waals surface area contributed by atoms with Crippen molar-refractivity contribution < 1.29 is 14.0 Å². The van der Waals surface area contributed by atoms with Crippen LogP contribution in [0.15, 0.2) is 24.3 Å². The number of halogens is 1. The van der Waals surface area contributed by atoms with E-state index < -0.39 is 0 Å². The number of nitrogens with one attached hydrogen (secondary N) is 2. The highest BCUT2D eigenvalue weighted by molar-refractivity contribution is 8.01. The van der Waals surface area contributed by atoms with Crippen molar-refractivity contribution in [2.24, 2.45) is 5.92 Å². The molecule has 0 spiro atoms. The van der Waals surface area contributed by atoms with Gasteiger partial charge in [-0.1, -0.05) is 19.3 Å². The van der Waals surface area contributed by atoms with Crippen molar-refractivity contribution in [3.63, 3.8) is 0 Å². The van der Waals surface area contributed by atoms with Crippen LogP contribution >= 0.6 is 11.8 Å². The van der Waals surface area contributed by atoms with Gasteiger partial charge in [-0.25, -0.2) is 4.39 Å². The van der Waals surface area contributed by atoms with Crippen LogP contribution < -0.4 is 10.6 Å². The van der Waals surface area contributed by atoms with Gasteiger partial charge in [0.25, 0.3) is 0 Å². The van der Waals surface area contributed by atoms with E-state index in [0.29, 0.717) is 11.6 Å². The van der Waals surface area contributed by atoms with Gasteiger partial charge in [0.05, 0.1) is 11.0 Å². The van der Waals surface area contributed by atoms with Gasteiger partial charge in [0, 0.05) is 12.2 Å². The second kappa shape index (κ2) is 9.67. The predicted molar refractivity (Wildman–Crippen MR) is 96.5 cm³/mol. The van der Waals surface area contributed by atoms with Crippen molar-refractivity contribution in [3.8, 4) is 0 Å². The maximum absolute atomic E-state index is 12.8. The molecule has 132 valence electrons. The Balaban J connectivity index is 1.65. The number of anilines is 1. The molecule has 1 aromatic carbocycles. The molecule has 6 heteroatoms. The number of hydrogen-bond acceptors (Lipinski definition) is 3. The molecule has 4 nitrogen and oxygen atoms in total. The normalized spacial score (nSPS) is 16.4. The molecular weight excluding hydrogens is 327 g/mol. The molecule has 1 saturated carbocycles. The molecule has 0 aliphatic heterocycles. The summed E-state index contributed by atoms with van der Waals surface area (Å²) in [6.07, 6.45) is 6.21. The van der Waals surface area contributed by atoms with E-state index in [9.17, 15) is 14.0 Å². The van der Waals surface area contributed by atoms with Crippen LogP contribution in [-0.2, 0) is 9.59 Å². The molecule has 2 rings (SSSR count). The Morgan fingerprint density at radius 3 is 2.54 bits per heavy atom. The van der Waals surface area contributed by atoms with Crippen molar-refractivity contribution in [2.75, 3.05) is 17.6 Å². The first-order valence-electron chi connectivity index (χ1n) is 8.49. The lowest BCUT2D eigenvalue weighted by molar-refractivity contribution is -0.120. The predicted octanol–water partition coefficient (Wildman–Crippen LogP) is 3.58. The van der Waals surface area contributed by atoms with E-state index in [1.54, 1.807) is 0 Å². The lowest BCUT2D eigenvalue weighted by atomic mass is 9.89. The number of carbonyl (C=O) groups is 2. The average molecular weight is 352 g/mol. The molecule has 2 amide bonds. The number of carbonyl (C=O) groups excluding carboxylic acids is 2. The largest absolute Gasteiger partial charge is 0.355 e. The molecule has 24 heavy (non-hydrogen) atoms. The number of hydrogen-bond donors (Lipinski definition) is 2. The van der Waals surface area contributed by atoms with E-state index in [-0.39, 0.29) is 28.6 Å². The van der Waals surface area contributed by atoms with Crippen LogP contribution in [0.1, 0.15) is 39.0 Å². The monoisotopic (exact) mass is 352 g/mol. The molecule has 1 aliphatic rings. The number of thioether (sulfide) groups is 1. The second-order valence-electron chi connectivity index (χ2n) is 6.26. The van der Waals surface area contributed by atoms with E-state index in [1.807, 2.05) is 6.92 Å². The number of rotatable bonds is 7. The molecule has 0 radical (unpaired) electrons. The first-order valence-corrected chi connectivity index (χ1v) is 9.54. The van der Waals surface area contributed by atoms with Gasteiger partial charge in [0.15, 0.2) is 0 Å². The maximum atomic E-state index is 12.8. The molecule has 1 aromatic rings. The average Bonchev–Trinajstić information content (AvgIpc) is 2.60. The van der Waals surface area contributed by atoms with Crippen molar-refractivity contribution in [1.82, 2.24) is 5.32 Å². The van der Waals surface area contributed by atoms with Gasteiger partial charge in [-0.05, 0) is 49.9 Å². The molecule has 0 bridgehead atoms. The summed E-state index contributed by atoms with van der Waals surface area (Å²) in [5.74, 6) is 0.237. The summed E-state index contributed by atoms with van der Waals surface area (Å²) in [4.78, 5) is 24.0. The summed E-state index contributed by atoms with van der Waals surface area (Å²) in [6.45, 7) is 2.55. The first-order chi connectivity index (χ1) is 11.5. The Morgan fingerprint density at radius 1 is 1.21 bits per heavy atom. The highest BCUT2D eigenvalue weighted by atomic mass is 32.2. The van der Waals surface area contributed by atoms with Crippen LogP contribution in [0, 0.1) is 11.7 Å². The zero-order chi connectivity index (χ0) is 17.4. The lowest BCUT2D eigenvalue weighted by Crippen LogP contribution is -2.35. The standard InChI is InChI=1S/C18H25FN2O2S/c1-13(18(23)20-11-14-5-3-2-4-6-14)24-12-17(22)21-16-9-7-15(19)8-10-16/h7-10,13-14H,2-6,11-12H2,1H3,(H,20,23)(H,21,22). The third kappa shape index (κ3) is 6.51. The molecule has 0 aromatic heterocycles. The summed E-state index contributed by atoms with van der Waals surface area (Å²) in [5.41, 5.74) is 0.552. The second-order valence-corrected chi connectivity index (χ2v) is 7.59. The highest BCUT2D eigenvalue weighted by Gasteiger charge is 2.18. The van der Waals surface area contributed by atoms with Crippen LogP contribution in [0.3, 0.4) is 0 Å². The zero-order valence-corrected chi connectivity index (χ0v) is 14.8. The summed E-state index contributed by atoms with van der Waals surface area (Å²) in [6, 6.07) is 5.62. The SMILES string of the molecule is CC(SCC(=O)Nc1ccc(F)cc1)C(=O)NCC1CCCCC1. The van der Waals surface area contributed by atoms with E-state index >= 15 is 0 Å². The van der Waals surface area contributed by atoms with Crippen LogP contribution in [0.5, 0.6) is 0 Å². The smallest absolute Gasteiger partial charge is 0.234 e. The summed E-state index contributed by atoms with van der Waals surface area (Å²) in [7, 11) is 0. The van der Waals surface area contributed by atoms with Gasteiger partial charge in [-0.15, -0.1) is 11.8 Å². The Morgan fingerprint density at radius 2 is 1.88 bits per heavy atom. The van der Waals surface area contributed by atoms with Crippen LogP contribution in [0.25, 0.3) is 0 Å². The molecular formula is C18H25FN2O2S. The fourth-order valence-electron chi connectivity index (χ4n) is 2.79. The van der Waals surface area contributed by atoms with E-state index in [4.69, 9.17) is 0 Å². The Bertz CT molecular complexity index is 544. The fourth-order valence-corrected chi connectivity index (χ4v) is 3.49. The summed E-state index contributed by atoms with van der Waals surface area (Å²) in [5, 5.41) is 5.42. The number of benzene rings is 1. The van der Waals surface area contributed by atoms with Crippen LogP contribution in [-0.4, -0.2) is 29.4 Å². The van der Waals surface area contributed by atoms with E-state index in [0.717, 1.165) is 6.54 Å². The minimum atomic E-state index is -0.342. The Hall–Kier alpha value is -1.56. The van der Waals surface area contributed by atoms with Gasteiger partial charge in [0.1, 0.15) is 5.82 Å². The van der Waals surface area contributed by atoms with E-state index in [2.05, 4.69) is 10.6 Å². The van der Waals surface area contributed by atoms with Gasteiger partial charge in [-0.3, -0.25) is 9.59 Å². The van der Waals surface area contributed by atoms with Crippen LogP contribution in [0.2, 0.25) is 0 Å². The molecule has 1 atom stereocenters. The minimum absolute atomic E-state index is 0.0137. The lowest BCUT2D eigenvalue weighted by Gasteiger charge is -2.22. The minimum Gasteiger partial charge on any atom is -0.355 e. The highest BCUT2D eigenvalue weighted by Crippen LogP contribution is 2.23. The zero-order valence-electron chi connectivity index (χ0n) is 14.0. The van der Waals surface area contributed by atoms with Gasteiger partial charge in [-0.2, -0.15) is 0 Å². The van der Waals surface area contributed by atoms with Gasteiger partial charge >= 0.3 is 0 Å². The molecule has 0 saturated heterocycles. The van der Waals surface area contributed by atoms with E-state index in [1.165, 1.54) is 68.1 Å². The van der Waals surface area contributed by atoms with Crippen molar-refractivity contribution in [2.45, 2.75) is 44.3 Å². The topological polar surface area (TPSA) is 58.2 Å². The van der Waals surface area contributed by atoms with Gasteiger partial charge < -0.3 is 10.6 Å². The summed E-state index contributed by atoms with van der Waals surface area (Å²) >= 11 is 1.30. The maximum Gasteiger partial charge on any atom is 0.234 e. The summed E-state index contributed by atoms with van der Waals surface area (Å²) < 4.78 is 12.8. The molecule has 1 aliphatic carbocycles. The first kappa shape index (κ1) is 18.8. The van der Waals surface area contributed by atoms with Crippen molar-refractivity contribution in [3.05, 3.63) is 30.1 Å². The van der Waals surface area contributed by atoms with Crippen molar-refractivity contribution in [1.29, 1.82) is 0 Å².